The third kappa shape index (κ3) is 4.15. The summed E-state index contributed by atoms with van der Waals surface area (Å²) in [5.74, 6) is 1.12. The molecule has 8 rings (SSSR count). The van der Waals surface area contributed by atoms with Gasteiger partial charge in [-0.1, -0.05) is 86.7 Å². The first-order valence-electron chi connectivity index (χ1n) is 15.1. The highest BCUT2D eigenvalue weighted by molar-refractivity contribution is 6.09. The number of hydrogen-bond donors (Lipinski definition) is 1. The Hall–Kier alpha value is -5.14. The minimum absolute atomic E-state index is 0.0515. The minimum atomic E-state index is 0.0515. The molecule has 4 nitrogen and oxygen atoms in total. The zero-order chi connectivity index (χ0) is 29.1. The van der Waals surface area contributed by atoms with Crippen LogP contribution in [0.4, 0.5) is 0 Å². The Morgan fingerprint density at radius 1 is 0.860 bits per heavy atom. The smallest absolute Gasteiger partial charge is 0.149 e. The van der Waals surface area contributed by atoms with E-state index in [4.69, 9.17) is 4.98 Å². The van der Waals surface area contributed by atoms with Gasteiger partial charge in [-0.05, 0) is 89.3 Å². The largest absolute Gasteiger partial charge is 0.337 e. The van der Waals surface area contributed by atoms with Crippen LogP contribution >= 0.6 is 0 Å². The highest BCUT2D eigenvalue weighted by Gasteiger charge is 2.38. The van der Waals surface area contributed by atoms with Crippen molar-refractivity contribution < 1.29 is 0 Å². The van der Waals surface area contributed by atoms with Gasteiger partial charge in [0.2, 0.25) is 0 Å². The summed E-state index contributed by atoms with van der Waals surface area (Å²) in [5.41, 5.74) is 11.2. The molecule has 0 amide bonds. The third-order valence-electron chi connectivity index (χ3n) is 9.51. The summed E-state index contributed by atoms with van der Waals surface area (Å²) in [6.45, 7) is 4.69. The summed E-state index contributed by atoms with van der Waals surface area (Å²) >= 11 is 0. The molecule has 0 saturated carbocycles. The van der Waals surface area contributed by atoms with Crippen LogP contribution in [-0.4, -0.2) is 14.5 Å². The first-order valence-corrected chi connectivity index (χ1v) is 15.1. The number of nitriles is 1. The van der Waals surface area contributed by atoms with Crippen molar-refractivity contribution in [2.45, 2.75) is 33.1 Å². The predicted octanol–water partition coefficient (Wildman–Crippen LogP) is 9.79. The lowest BCUT2D eigenvalue weighted by Gasteiger charge is -2.42. The van der Waals surface area contributed by atoms with Crippen molar-refractivity contribution in [3.8, 4) is 11.8 Å². The third-order valence-corrected chi connectivity index (χ3v) is 9.51. The summed E-state index contributed by atoms with van der Waals surface area (Å²) in [5, 5.41) is 12.8. The first kappa shape index (κ1) is 25.6. The standard InChI is InChI=1S/C39H32N4/c1-39(2)23-28(32(24-40)38-41-34-11-5-6-12-35(34)42-38)22-27-21-26(17-20-33(27)39)25-15-18-29(19-16-25)43-36-13-7-3-9-30(36)31-10-4-8-14-37(31)43/h3-16,18-19,21-22,33H,17,20,23H2,1-2H3,(H,41,42)/b32-28-. The molecule has 2 aliphatic rings. The first-order chi connectivity index (χ1) is 21.0. The lowest BCUT2D eigenvalue weighted by molar-refractivity contribution is 0.228. The highest BCUT2D eigenvalue weighted by Crippen LogP contribution is 2.50. The SMILES string of the molecule is CC1(C)C/C(=C(/C#N)c2nc3ccccc3[nH]2)C=C2C=C(c3ccc(-n4c5ccccc5c5ccccc54)cc3)CCC21. The normalized spacial score (nSPS) is 19.1. The quantitative estimate of drug-likeness (QED) is 0.221. The van der Waals surface area contributed by atoms with E-state index in [0.29, 0.717) is 17.3 Å². The highest BCUT2D eigenvalue weighted by atomic mass is 15.0. The van der Waals surface area contributed by atoms with E-state index in [1.807, 2.05) is 24.3 Å². The van der Waals surface area contributed by atoms with E-state index in [1.54, 1.807) is 0 Å². The Morgan fingerprint density at radius 3 is 2.23 bits per heavy atom. The molecule has 0 fully saturated rings. The fourth-order valence-corrected chi connectivity index (χ4v) is 7.45. The van der Waals surface area contributed by atoms with Gasteiger partial charge >= 0.3 is 0 Å². The number of aromatic amines is 1. The van der Waals surface area contributed by atoms with Crippen LogP contribution in [0, 0.1) is 22.7 Å². The summed E-state index contributed by atoms with van der Waals surface area (Å²) in [6, 6.07) is 36.8. The second kappa shape index (κ2) is 9.71. The molecule has 0 bridgehead atoms. The lowest BCUT2D eigenvalue weighted by atomic mass is 9.62. The van der Waals surface area contributed by atoms with Crippen molar-refractivity contribution in [3.63, 3.8) is 0 Å². The predicted molar refractivity (Wildman–Crippen MR) is 177 cm³/mol. The Kier molecular flexibility index (Phi) is 5.77. The second-order valence-corrected chi connectivity index (χ2v) is 12.6. The second-order valence-electron chi connectivity index (χ2n) is 12.6. The fraction of sp³-hybridized carbons (Fsp3) is 0.179. The van der Waals surface area contributed by atoms with Crippen LogP contribution in [0.1, 0.15) is 44.5 Å². The van der Waals surface area contributed by atoms with Crippen LogP contribution in [0.3, 0.4) is 0 Å². The number of H-pyrrole nitrogens is 1. The van der Waals surface area contributed by atoms with Gasteiger partial charge in [-0.15, -0.1) is 0 Å². The number of fused-ring (bicyclic) bond motifs is 5. The molecule has 0 saturated heterocycles. The molecule has 4 aromatic carbocycles. The van der Waals surface area contributed by atoms with E-state index < -0.39 is 0 Å². The van der Waals surface area contributed by atoms with Crippen molar-refractivity contribution in [2.75, 3.05) is 0 Å². The number of benzene rings is 4. The maximum atomic E-state index is 10.3. The molecule has 1 N–H and O–H groups in total. The number of nitrogens with zero attached hydrogens (tertiary/aromatic N) is 3. The molecular formula is C39H32N4. The van der Waals surface area contributed by atoms with E-state index in [-0.39, 0.29) is 5.41 Å². The van der Waals surface area contributed by atoms with Gasteiger partial charge in [0.25, 0.3) is 0 Å². The molecule has 0 aliphatic heterocycles. The Labute approximate surface area is 251 Å². The number of allylic oxidation sites excluding steroid dienone is 6. The topological polar surface area (TPSA) is 57.4 Å². The molecule has 208 valence electrons. The molecule has 2 heterocycles. The van der Waals surface area contributed by atoms with E-state index in [1.165, 1.54) is 44.2 Å². The van der Waals surface area contributed by atoms with Crippen LogP contribution in [0.2, 0.25) is 0 Å². The van der Waals surface area contributed by atoms with Crippen LogP contribution in [0.15, 0.2) is 120 Å². The summed E-state index contributed by atoms with van der Waals surface area (Å²) < 4.78 is 2.37. The average molecular weight is 557 g/mol. The molecule has 4 heteroatoms. The monoisotopic (exact) mass is 556 g/mol. The van der Waals surface area contributed by atoms with Crippen molar-refractivity contribution in [1.82, 2.24) is 14.5 Å². The molecule has 2 aliphatic carbocycles. The Balaban J connectivity index is 1.19. The summed E-state index contributed by atoms with van der Waals surface area (Å²) in [4.78, 5) is 8.14. The van der Waals surface area contributed by atoms with Gasteiger partial charge in [-0.25, -0.2) is 4.98 Å². The Bertz CT molecular complexity index is 2110. The van der Waals surface area contributed by atoms with Crippen LogP contribution in [0.5, 0.6) is 0 Å². The number of hydrogen-bond acceptors (Lipinski definition) is 2. The number of rotatable bonds is 3. The molecule has 43 heavy (non-hydrogen) atoms. The van der Waals surface area contributed by atoms with Crippen LogP contribution < -0.4 is 0 Å². The van der Waals surface area contributed by atoms with Gasteiger partial charge in [0.15, 0.2) is 0 Å². The van der Waals surface area contributed by atoms with E-state index in [9.17, 15) is 5.26 Å². The Morgan fingerprint density at radius 2 is 1.53 bits per heavy atom. The van der Waals surface area contributed by atoms with Gasteiger partial charge < -0.3 is 9.55 Å². The zero-order valence-corrected chi connectivity index (χ0v) is 24.4. The molecule has 6 aromatic rings. The van der Waals surface area contributed by atoms with Crippen molar-refractivity contribution >= 4 is 44.0 Å². The van der Waals surface area contributed by atoms with Gasteiger partial charge in [0.05, 0.1) is 27.6 Å². The molecule has 1 unspecified atom stereocenters. The average Bonchev–Trinajstić information content (AvgIpc) is 3.60. The lowest BCUT2D eigenvalue weighted by Crippen LogP contribution is -2.31. The van der Waals surface area contributed by atoms with Crippen molar-refractivity contribution in [3.05, 3.63) is 132 Å². The number of para-hydroxylation sites is 4. The number of aromatic nitrogens is 3. The fourth-order valence-electron chi connectivity index (χ4n) is 7.45. The van der Waals surface area contributed by atoms with Gasteiger partial charge in [-0.3, -0.25) is 0 Å². The zero-order valence-electron chi connectivity index (χ0n) is 24.4. The van der Waals surface area contributed by atoms with E-state index in [0.717, 1.165) is 35.9 Å². The summed E-state index contributed by atoms with van der Waals surface area (Å²) in [6.07, 6.45) is 7.68. The van der Waals surface area contributed by atoms with Gasteiger partial charge in [0.1, 0.15) is 11.9 Å². The van der Waals surface area contributed by atoms with Gasteiger partial charge in [0, 0.05) is 16.5 Å². The maximum Gasteiger partial charge on any atom is 0.149 e. The summed E-state index contributed by atoms with van der Waals surface area (Å²) in [7, 11) is 0. The molecule has 0 spiro atoms. The van der Waals surface area contributed by atoms with Crippen molar-refractivity contribution in [1.29, 1.82) is 5.26 Å². The minimum Gasteiger partial charge on any atom is -0.337 e. The molecule has 2 aromatic heterocycles. The molecule has 1 atom stereocenters. The molecular weight excluding hydrogens is 524 g/mol. The van der Waals surface area contributed by atoms with Crippen molar-refractivity contribution in [2.24, 2.45) is 11.3 Å². The van der Waals surface area contributed by atoms with Crippen LogP contribution in [-0.2, 0) is 0 Å². The molecule has 0 radical (unpaired) electrons. The number of nitrogens with one attached hydrogen (secondary N) is 1. The van der Waals surface area contributed by atoms with Gasteiger partial charge in [-0.2, -0.15) is 5.26 Å². The van der Waals surface area contributed by atoms with E-state index >= 15 is 0 Å². The number of imidazole rings is 1. The maximum absolute atomic E-state index is 10.3. The van der Waals surface area contributed by atoms with E-state index in [2.05, 4.69) is 114 Å². The van der Waals surface area contributed by atoms with Crippen LogP contribution in [0.25, 0.3) is 49.7 Å².